The number of nitrogens with zero attached hydrogens (tertiary/aromatic N) is 5. The van der Waals surface area contributed by atoms with E-state index >= 15 is 0 Å². The van der Waals surface area contributed by atoms with E-state index in [1.54, 1.807) is 18.6 Å². The third-order valence-electron chi connectivity index (χ3n) is 9.69. The quantitative estimate of drug-likeness (QED) is 0.166. The Labute approximate surface area is 313 Å². The van der Waals surface area contributed by atoms with Crippen LogP contribution in [0.15, 0.2) is 188 Å². The lowest BCUT2D eigenvalue weighted by Gasteiger charge is -2.14. The van der Waals surface area contributed by atoms with Gasteiger partial charge in [-0.3, -0.25) is 15.0 Å². The Bertz CT molecular complexity index is 2730. The fraction of sp³-hybridized carbons (Fsp3) is 0. The molecule has 0 saturated carbocycles. The number of hydrogen-bond donors (Lipinski definition) is 0. The van der Waals surface area contributed by atoms with Gasteiger partial charge in [-0.15, -0.1) is 0 Å². The van der Waals surface area contributed by atoms with Gasteiger partial charge in [-0.2, -0.15) is 5.26 Å². The smallest absolute Gasteiger partial charge is 0.0992 e. The molecule has 9 rings (SSSR count). The van der Waals surface area contributed by atoms with Gasteiger partial charge in [0, 0.05) is 24.2 Å². The third kappa shape index (κ3) is 6.41. The molecule has 0 bridgehead atoms. The Kier molecular flexibility index (Phi) is 8.53. The van der Waals surface area contributed by atoms with Gasteiger partial charge in [0.15, 0.2) is 0 Å². The van der Waals surface area contributed by atoms with Crippen LogP contribution in [0, 0.1) is 11.3 Å². The van der Waals surface area contributed by atoms with Crippen molar-refractivity contribution in [3.8, 4) is 84.6 Å². The molecule has 4 aromatic heterocycles. The van der Waals surface area contributed by atoms with Crippen LogP contribution in [0.5, 0.6) is 0 Å². The number of rotatable bonds is 7. The Balaban J connectivity index is 1.08. The highest BCUT2D eigenvalue weighted by Gasteiger charge is 2.14. The summed E-state index contributed by atoms with van der Waals surface area (Å²) in [7, 11) is 0. The second-order valence-electron chi connectivity index (χ2n) is 13.0. The summed E-state index contributed by atoms with van der Waals surface area (Å²) in [5, 5.41) is 12.3. The molecule has 0 radical (unpaired) electrons. The lowest BCUT2D eigenvalue weighted by Crippen LogP contribution is -1.94. The molecule has 0 saturated heterocycles. The van der Waals surface area contributed by atoms with E-state index in [1.165, 1.54) is 0 Å². The van der Waals surface area contributed by atoms with E-state index in [4.69, 9.17) is 4.98 Å². The standard InChI is InChI=1S/C49H31N5/c50-32-33-27-38(34-16-20-37(21-17-34)45-11-3-6-24-51-45)29-40(28-33)42-23-22-41(43-9-1-2-10-44(42)43)36-18-14-35(15-19-36)39-30-48(46-12-4-7-25-52-46)54-49(31-39)47-13-5-8-26-53-47/h1-31H. The van der Waals surface area contributed by atoms with E-state index in [2.05, 4.69) is 124 Å². The summed E-state index contributed by atoms with van der Waals surface area (Å²) in [6.45, 7) is 0. The first kappa shape index (κ1) is 32.4. The first-order valence-corrected chi connectivity index (χ1v) is 17.7. The fourth-order valence-electron chi connectivity index (χ4n) is 7.01. The molecule has 4 heterocycles. The van der Waals surface area contributed by atoms with Gasteiger partial charge in [0.05, 0.1) is 40.1 Å². The van der Waals surface area contributed by atoms with E-state index in [1.807, 2.05) is 66.7 Å². The number of benzene rings is 5. The molecule has 0 amide bonds. The van der Waals surface area contributed by atoms with Crippen molar-refractivity contribution in [3.05, 3.63) is 194 Å². The highest BCUT2D eigenvalue weighted by molar-refractivity contribution is 6.05. The van der Waals surface area contributed by atoms with E-state index in [0.29, 0.717) is 5.56 Å². The molecule has 252 valence electrons. The predicted molar refractivity (Wildman–Crippen MR) is 218 cm³/mol. The first-order chi connectivity index (χ1) is 26.7. The van der Waals surface area contributed by atoms with E-state index in [9.17, 15) is 5.26 Å². The number of fused-ring (bicyclic) bond motifs is 1. The Morgan fingerprint density at radius 2 is 0.778 bits per heavy atom. The minimum Gasteiger partial charge on any atom is -0.256 e. The van der Waals surface area contributed by atoms with Crippen LogP contribution in [0.2, 0.25) is 0 Å². The maximum Gasteiger partial charge on any atom is 0.0992 e. The van der Waals surface area contributed by atoms with Crippen molar-refractivity contribution < 1.29 is 0 Å². The Morgan fingerprint density at radius 1 is 0.333 bits per heavy atom. The van der Waals surface area contributed by atoms with Crippen LogP contribution in [0.1, 0.15) is 5.56 Å². The van der Waals surface area contributed by atoms with Crippen molar-refractivity contribution in [3.63, 3.8) is 0 Å². The molecule has 9 aromatic rings. The number of aromatic nitrogens is 4. The lowest BCUT2D eigenvalue weighted by atomic mass is 9.89. The average Bonchev–Trinajstić information content (AvgIpc) is 3.26. The third-order valence-corrected chi connectivity index (χ3v) is 9.69. The van der Waals surface area contributed by atoms with Gasteiger partial charge < -0.3 is 0 Å². The summed E-state index contributed by atoms with van der Waals surface area (Å²) in [5.41, 5.74) is 14.3. The predicted octanol–water partition coefficient (Wildman–Crippen LogP) is 12.0. The van der Waals surface area contributed by atoms with Crippen molar-refractivity contribution in [1.82, 2.24) is 19.9 Å². The van der Waals surface area contributed by atoms with Gasteiger partial charge in [-0.05, 0) is 122 Å². The summed E-state index contributed by atoms with van der Waals surface area (Å²) < 4.78 is 0. The molecule has 0 spiro atoms. The molecule has 0 aliphatic carbocycles. The van der Waals surface area contributed by atoms with Crippen LogP contribution >= 0.6 is 0 Å². The molecule has 0 atom stereocenters. The fourth-order valence-corrected chi connectivity index (χ4v) is 7.01. The van der Waals surface area contributed by atoms with Crippen LogP contribution < -0.4 is 0 Å². The Morgan fingerprint density at radius 3 is 1.30 bits per heavy atom. The largest absolute Gasteiger partial charge is 0.256 e. The second kappa shape index (κ2) is 14.2. The zero-order valence-corrected chi connectivity index (χ0v) is 29.1. The maximum absolute atomic E-state index is 10.1. The van der Waals surface area contributed by atoms with Crippen molar-refractivity contribution in [2.75, 3.05) is 0 Å². The molecule has 5 aromatic carbocycles. The van der Waals surface area contributed by atoms with Crippen LogP contribution in [0.4, 0.5) is 0 Å². The molecule has 0 aliphatic heterocycles. The van der Waals surface area contributed by atoms with Crippen molar-refractivity contribution in [2.45, 2.75) is 0 Å². The van der Waals surface area contributed by atoms with E-state index in [0.717, 1.165) is 89.3 Å². The number of nitriles is 1. The van der Waals surface area contributed by atoms with Crippen molar-refractivity contribution in [1.29, 1.82) is 5.26 Å². The van der Waals surface area contributed by atoms with E-state index < -0.39 is 0 Å². The number of pyridine rings is 4. The van der Waals surface area contributed by atoms with Gasteiger partial charge in [-0.1, -0.05) is 103 Å². The number of hydrogen-bond acceptors (Lipinski definition) is 5. The maximum atomic E-state index is 10.1. The highest BCUT2D eigenvalue weighted by atomic mass is 14.8. The van der Waals surface area contributed by atoms with Crippen molar-refractivity contribution in [2.24, 2.45) is 0 Å². The Hall–Kier alpha value is -7.55. The molecule has 0 unspecified atom stereocenters. The zero-order chi connectivity index (χ0) is 36.3. The zero-order valence-electron chi connectivity index (χ0n) is 29.1. The highest BCUT2D eigenvalue weighted by Crippen LogP contribution is 2.39. The molecule has 0 aliphatic rings. The monoisotopic (exact) mass is 689 g/mol. The summed E-state index contributed by atoms with van der Waals surface area (Å²) >= 11 is 0. The molecule has 54 heavy (non-hydrogen) atoms. The van der Waals surface area contributed by atoms with Gasteiger partial charge in [0.2, 0.25) is 0 Å². The summed E-state index contributed by atoms with van der Waals surface area (Å²) in [4.78, 5) is 18.6. The molecular weight excluding hydrogens is 659 g/mol. The minimum atomic E-state index is 0.619. The summed E-state index contributed by atoms with van der Waals surface area (Å²) in [5.74, 6) is 0. The average molecular weight is 690 g/mol. The topological polar surface area (TPSA) is 75.3 Å². The lowest BCUT2D eigenvalue weighted by molar-refractivity contribution is 1.22. The van der Waals surface area contributed by atoms with Gasteiger partial charge in [0.25, 0.3) is 0 Å². The molecule has 0 fully saturated rings. The summed E-state index contributed by atoms with van der Waals surface area (Å²) in [6.07, 6.45) is 5.38. The molecule has 5 heteroatoms. The normalized spacial score (nSPS) is 10.9. The SMILES string of the molecule is N#Cc1cc(-c2ccc(-c3ccccn3)cc2)cc(-c2ccc(-c3ccc(-c4cc(-c5ccccn5)nc(-c5ccccn5)c4)cc3)c3ccccc23)c1. The van der Waals surface area contributed by atoms with Crippen LogP contribution in [0.25, 0.3) is 89.3 Å². The minimum absolute atomic E-state index is 0.619. The van der Waals surface area contributed by atoms with Gasteiger partial charge in [0.1, 0.15) is 0 Å². The van der Waals surface area contributed by atoms with Crippen molar-refractivity contribution >= 4 is 10.8 Å². The van der Waals surface area contributed by atoms with Crippen LogP contribution in [-0.4, -0.2) is 19.9 Å². The van der Waals surface area contributed by atoms with Crippen LogP contribution in [0.3, 0.4) is 0 Å². The summed E-state index contributed by atoms with van der Waals surface area (Å²) in [6, 6.07) is 60.3. The molecule has 0 N–H and O–H groups in total. The van der Waals surface area contributed by atoms with Crippen LogP contribution in [-0.2, 0) is 0 Å². The van der Waals surface area contributed by atoms with Gasteiger partial charge >= 0.3 is 0 Å². The molecular formula is C49H31N5. The van der Waals surface area contributed by atoms with Gasteiger partial charge in [-0.25, -0.2) is 4.98 Å². The molecule has 5 nitrogen and oxygen atoms in total. The second-order valence-corrected chi connectivity index (χ2v) is 13.0. The van der Waals surface area contributed by atoms with E-state index in [-0.39, 0.29) is 0 Å². The first-order valence-electron chi connectivity index (χ1n) is 17.7.